The summed E-state index contributed by atoms with van der Waals surface area (Å²) in [5.74, 6) is 0.299. The zero-order valence-electron chi connectivity index (χ0n) is 14.3. The van der Waals surface area contributed by atoms with Crippen molar-refractivity contribution in [2.24, 2.45) is 5.92 Å². The first-order valence-corrected chi connectivity index (χ1v) is 8.75. The van der Waals surface area contributed by atoms with Crippen molar-refractivity contribution in [3.8, 4) is 0 Å². The first-order chi connectivity index (χ1) is 12.1. The third-order valence-electron chi connectivity index (χ3n) is 5.12. The van der Waals surface area contributed by atoms with Crippen molar-refractivity contribution >= 4 is 17.5 Å². The molecule has 2 amide bonds. The number of piperidine rings is 1. The second-order valence-electron chi connectivity index (χ2n) is 6.77. The minimum Gasteiger partial charge on any atom is -0.351 e. The fourth-order valence-electron chi connectivity index (χ4n) is 3.74. The quantitative estimate of drug-likeness (QED) is 0.843. The highest BCUT2D eigenvalue weighted by molar-refractivity contribution is 5.97. The molecule has 130 valence electrons. The predicted molar refractivity (Wildman–Crippen MR) is 92.4 cm³/mol. The van der Waals surface area contributed by atoms with Crippen molar-refractivity contribution in [1.82, 2.24) is 10.1 Å². The molecule has 0 bridgehead atoms. The maximum absolute atomic E-state index is 12.9. The standard InChI is InChI=1S/C19H21N3O3/c1-13-12-17(25-20-13)19(24)21-9-6-15(7-10-21)18(23)22-11-8-14-4-2-3-5-16(14)22/h2-5,12,15H,6-11H2,1H3. The highest BCUT2D eigenvalue weighted by Gasteiger charge is 2.34. The summed E-state index contributed by atoms with van der Waals surface area (Å²) in [6, 6.07) is 9.75. The maximum Gasteiger partial charge on any atom is 0.292 e. The zero-order chi connectivity index (χ0) is 17.4. The van der Waals surface area contributed by atoms with E-state index in [1.807, 2.05) is 23.1 Å². The number of carbonyl (C=O) groups is 2. The Bertz CT molecular complexity index is 806. The van der Waals surface area contributed by atoms with Crippen molar-refractivity contribution in [2.75, 3.05) is 24.5 Å². The van der Waals surface area contributed by atoms with E-state index >= 15 is 0 Å². The number of nitrogens with zero attached hydrogens (tertiary/aromatic N) is 3. The van der Waals surface area contributed by atoms with Crippen LogP contribution in [0.5, 0.6) is 0 Å². The van der Waals surface area contributed by atoms with Gasteiger partial charge in [-0.25, -0.2) is 0 Å². The molecule has 6 heteroatoms. The number of aryl methyl sites for hydroxylation is 1. The van der Waals surface area contributed by atoms with Gasteiger partial charge in [-0.3, -0.25) is 9.59 Å². The van der Waals surface area contributed by atoms with E-state index in [1.165, 1.54) is 5.56 Å². The summed E-state index contributed by atoms with van der Waals surface area (Å²) in [6.45, 7) is 3.70. The Morgan fingerprint density at radius 1 is 1.16 bits per heavy atom. The van der Waals surface area contributed by atoms with Gasteiger partial charge in [0.2, 0.25) is 11.7 Å². The van der Waals surface area contributed by atoms with E-state index in [0.717, 1.165) is 18.7 Å². The Kier molecular flexibility index (Phi) is 4.03. The zero-order valence-corrected chi connectivity index (χ0v) is 14.3. The Morgan fingerprint density at radius 2 is 1.92 bits per heavy atom. The lowest BCUT2D eigenvalue weighted by Crippen LogP contribution is -2.44. The third-order valence-corrected chi connectivity index (χ3v) is 5.12. The highest BCUT2D eigenvalue weighted by Crippen LogP contribution is 2.31. The van der Waals surface area contributed by atoms with Crippen LogP contribution < -0.4 is 4.90 Å². The van der Waals surface area contributed by atoms with Crippen LogP contribution in [0.4, 0.5) is 5.69 Å². The van der Waals surface area contributed by atoms with Gasteiger partial charge >= 0.3 is 0 Å². The summed E-state index contributed by atoms with van der Waals surface area (Å²) in [5.41, 5.74) is 2.98. The van der Waals surface area contributed by atoms with Crippen LogP contribution in [-0.2, 0) is 11.2 Å². The van der Waals surface area contributed by atoms with Crippen molar-refractivity contribution < 1.29 is 14.1 Å². The van der Waals surface area contributed by atoms with Gasteiger partial charge in [0.25, 0.3) is 5.91 Å². The van der Waals surface area contributed by atoms with Gasteiger partial charge < -0.3 is 14.3 Å². The smallest absolute Gasteiger partial charge is 0.292 e. The van der Waals surface area contributed by atoms with Crippen LogP contribution in [0.2, 0.25) is 0 Å². The number of hydrogen-bond acceptors (Lipinski definition) is 4. The van der Waals surface area contributed by atoms with Gasteiger partial charge in [-0.05, 0) is 37.8 Å². The Balaban J connectivity index is 1.39. The molecule has 1 aromatic heterocycles. The average Bonchev–Trinajstić information content (AvgIpc) is 3.27. The number of likely N-dealkylation sites (tertiary alicyclic amines) is 1. The van der Waals surface area contributed by atoms with Crippen LogP contribution in [0.3, 0.4) is 0 Å². The SMILES string of the molecule is Cc1cc(C(=O)N2CCC(C(=O)N3CCc4ccccc43)CC2)on1. The molecule has 0 aliphatic carbocycles. The molecular weight excluding hydrogens is 318 g/mol. The van der Waals surface area contributed by atoms with Crippen LogP contribution >= 0.6 is 0 Å². The van der Waals surface area contributed by atoms with Crippen LogP contribution in [0.15, 0.2) is 34.9 Å². The Morgan fingerprint density at radius 3 is 2.64 bits per heavy atom. The molecule has 0 unspecified atom stereocenters. The van der Waals surface area contributed by atoms with Crippen LogP contribution in [0.25, 0.3) is 0 Å². The largest absolute Gasteiger partial charge is 0.351 e. The summed E-state index contributed by atoms with van der Waals surface area (Å²) in [5, 5.41) is 3.77. The number of amides is 2. The fourth-order valence-corrected chi connectivity index (χ4v) is 3.74. The van der Waals surface area contributed by atoms with E-state index in [2.05, 4.69) is 11.2 Å². The molecule has 1 saturated heterocycles. The number of carbonyl (C=O) groups excluding carboxylic acids is 2. The lowest BCUT2D eigenvalue weighted by molar-refractivity contribution is -0.123. The summed E-state index contributed by atoms with van der Waals surface area (Å²) in [7, 11) is 0. The highest BCUT2D eigenvalue weighted by atomic mass is 16.5. The number of para-hydroxylation sites is 1. The van der Waals surface area contributed by atoms with Crippen LogP contribution in [-0.4, -0.2) is 41.5 Å². The molecule has 6 nitrogen and oxygen atoms in total. The number of aromatic nitrogens is 1. The van der Waals surface area contributed by atoms with E-state index in [9.17, 15) is 9.59 Å². The van der Waals surface area contributed by atoms with Crippen molar-refractivity contribution in [3.63, 3.8) is 0 Å². The second kappa shape index (κ2) is 6.35. The van der Waals surface area contributed by atoms with Crippen molar-refractivity contribution in [1.29, 1.82) is 0 Å². The lowest BCUT2D eigenvalue weighted by Gasteiger charge is -2.32. The summed E-state index contributed by atoms with van der Waals surface area (Å²) in [6.07, 6.45) is 2.30. The molecular formula is C19H21N3O3. The minimum atomic E-state index is -0.141. The molecule has 25 heavy (non-hydrogen) atoms. The maximum atomic E-state index is 12.9. The first-order valence-electron chi connectivity index (χ1n) is 8.75. The van der Waals surface area contributed by atoms with Crippen molar-refractivity contribution in [2.45, 2.75) is 26.2 Å². The second-order valence-corrected chi connectivity index (χ2v) is 6.77. The molecule has 1 fully saturated rings. The Hall–Kier alpha value is -2.63. The van der Waals surface area contributed by atoms with Gasteiger partial charge in [-0.15, -0.1) is 0 Å². The molecule has 2 aliphatic heterocycles. The molecule has 1 aromatic carbocycles. The van der Waals surface area contributed by atoms with Gasteiger partial charge in [0.05, 0.1) is 5.69 Å². The number of anilines is 1. The van der Waals surface area contributed by atoms with Gasteiger partial charge in [-0.2, -0.15) is 0 Å². The summed E-state index contributed by atoms with van der Waals surface area (Å²) in [4.78, 5) is 29.0. The van der Waals surface area contributed by atoms with E-state index in [0.29, 0.717) is 31.6 Å². The molecule has 0 saturated carbocycles. The van der Waals surface area contributed by atoms with E-state index < -0.39 is 0 Å². The molecule has 0 spiro atoms. The lowest BCUT2D eigenvalue weighted by atomic mass is 9.95. The number of fused-ring (bicyclic) bond motifs is 1. The molecule has 0 atom stereocenters. The summed E-state index contributed by atoms with van der Waals surface area (Å²) < 4.78 is 5.06. The van der Waals surface area contributed by atoms with Gasteiger partial charge in [-0.1, -0.05) is 23.4 Å². The number of rotatable bonds is 2. The molecule has 4 rings (SSSR count). The first kappa shape index (κ1) is 15.9. The molecule has 3 heterocycles. The van der Waals surface area contributed by atoms with Gasteiger partial charge in [0.15, 0.2) is 0 Å². The molecule has 2 aromatic rings. The summed E-state index contributed by atoms with van der Waals surface area (Å²) >= 11 is 0. The monoisotopic (exact) mass is 339 g/mol. The fraction of sp³-hybridized carbons (Fsp3) is 0.421. The van der Waals surface area contributed by atoms with Crippen molar-refractivity contribution in [3.05, 3.63) is 47.3 Å². The minimum absolute atomic E-state index is 0.0216. The van der Waals surface area contributed by atoms with Gasteiger partial charge in [0, 0.05) is 37.3 Å². The van der Waals surface area contributed by atoms with Crippen LogP contribution in [0, 0.1) is 12.8 Å². The normalized spacial score (nSPS) is 17.6. The number of benzene rings is 1. The van der Waals surface area contributed by atoms with Crippen LogP contribution in [0.1, 0.15) is 34.7 Å². The van der Waals surface area contributed by atoms with E-state index in [4.69, 9.17) is 4.52 Å². The molecule has 0 radical (unpaired) electrons. The molecule has 2 aliphatic rings. The Labute approximate surface area is 146 Å². The average molecular weight is 339 g/mol. The number of hydrogen-bond donors (Lipinski definition) is 0. The van der Waals surface area contributed by atoms with E-state index in [-0.39, 0.29) is 23.5 Å². The third kappa shape index (κ3) is 2.92. The topological polar surface area (TPSA) is 66.7 Å². The molecule has 0 N–H and O–H groups in total. The van der Waals surface area contributed by atoms with E-state index in [1.54, 1.807) is 17.9 Å². The van der Waals surface area contributed by atoms with Gasteiger partial charge in [0.1, 0.15) is 0 Å². The predicted octanol–water partition coefficient (Wildman–Crippen LogP) is 2.42.